The van der Waals surface area contributed by atoms with Crippen LogP contribution in [0.25, 0.3) is 0 Å². The van der Waals surface area contributed by atoms with E-state index in [0.29, 0.717) is 0 Å². The first-order valence-electron chi connectivity index (χ1n) is 2.09. The van der Waals surface area contributed by atoms with Crippen LogP contribution < -0.4 is 0 Å². The van der Waals surface area contributed by atoms with Gasteiger partial charge < -0.3 is 0 Å². The monoisotopic (exact) mass is 160 g/mol. The Kier molecular flexibility index (Phi) is 3.44. The summed E-state index contributed by atoms with van der Waals surface area (Å²) in [4.78, 5) is 0. The van der Waals surface area contributed by atoms with Crippen molar-refractivity contribution in [3.05, 3.63) is 22.9 Å². The zero-order chi connectivity index (χ0) is 5.66. The van der Waals surface area contributed by atoms with Crippen LogP contribution in [0.2, 0.25) is 0 Å². The fourth-order valence-corrected chi connectivity index (χ4v) is 2.84. The highest BCUT2D eigenvalue weighted by molar-refractivity contribution is 9.10. The molecule has 0 spiro atoms. The third-order valence-electron chi connectivity index (χ3n) is 0.531. The molecule has 0 nitrogen and oxygen atoms in total. The lowest BCUT2D eigenvalue weighted by molar-refractivity contribution is 1.82. The first-order chi connectivity index (χ1) is 4.00. The van der Waals surface area contributed by atoms with Gasteiger partial charge in [0.2, 0.25) is 0 Å². The molecule has 1 rings (SSSR count). The van der Waals surface area contributed by atoms with Gasteiger partial charge in [-0.1, -0.05) is 22.3 Å². The zero-order valence-corrected chi connectivity index (χ0v) is 6.54. The van der Waals surface area contributed by atoms with Crippen molar-refractivity contribution in [3.8, 4) is 0 Å². The van der Waals surface area contributed by atoms with Crippen molar-refractivity contribution in [1.29, 1.82) is 0 Å². The average molecular weight is 160 g/mol. The molecule has 3 heteroatoms. The summed E-state index contributed by atoms with van der Waals surface area (Å²) in [6, 6.07) is 0. The second kappa shape index (κ2) is 4.25. The van der Waals surface area contributed by atoms with E-state index in [4.69, 9.17) is 0 Å². The minimum absolute atomic E-state index is 1.04. The lowest BCUT2D eigenvalue weighted by atomic mass is 10.7. The van der Waals surface area contributed by atoms with E-state index >= 15 is 0 Å². The van der Waals surface area contributed by atoms with Gasteiger partial charge in [-0.25, -0.2) is 0 Å². The first-order valence-corrected chi connectivity index (χ1v) is 5.81. The van der Waals surface area contributed by atoms with Gasteiger partial charge in [0.1, 0.15) is 0 Å². The summed E-state index contributed by atoms with van der Waals surface area (Å²) in [5, 5.41) is 1.91. The van der Waals surface area contributed by atoms with E-state index in [2.05, 4.69) is 11.5 Å². The molecule has 8 heavy (non-hydrogen) atoms. The van der Waals surface area contributed by atoms with Crippen molar-refractivity contribution in [2.24, 2.45) is 0 Å². The third-order valence-corrected chi connectivity index (χ3v) is 4.02. The zero-order valence-electron chi connectivity index (χ0n) is 4.09. The molecule has 0 amide bonds. The molecule has 0 fully saturated rings. The summed E-state index contributed by atoms with van der Waals surface area (Å²) in [6.07, 6.45) is 1.98. The van der Waals surface area contributed by atoms with E-state index in [1.807, 2.05) is 22.3 Å². The van der Waals surface area contributed by atoms with E-state index in [0.717, 1.165) is 5.75 Å². The van der Waals surface area contributed by atoms with Crippen molar-refractivity contribution >= 4 is 31.4 Å². The molecule has 0 N–H and O–H groups in total. The fraction of sp³-hybridized carbons (Fsp3) is 0.200. The van der Waals surface area contributed by atoms with Gasteiger partial charge in [0.25, 0.3) is 0 Å². The molecule has 0 aromatic carbocycles. The molecule has 0 unspecified atom stereocenters. The van der Waals surface area contributed by atoms with Crippen molar-refractivity contribution < 1.29 is 0 Å². The van der Waals surface area contributed by atoms with Crippen LogP contribution in [0.4, 0.5) is 0 Å². The Labute approximate surface area is 60.3 Å². The Morgan fingerprint density at radius 3 is 3.38 bits per heavy atom. The molecular formula is C5H4S3. The van der Waals surface area contributed by atoms with Gasteiger partial charge in [-0.15, -0.1) is 0 Å². The summed E-state index contributed by atoms with van der Waals surface area (Å²) < 4.78 is 0. The largest absolute Gasteiger partial charge is 0.0774 e. The van der Waals surface area contributed by atoms with Gasteiger partial charge in [0, 0.05) is 11.2 Å². The molecule has 0 aromatic rings. The van der Waals surface area contributed by atoms with Gasteiger partial charge in [-0.3, -0.25) is 0 Å². The fourth-order valence-electron chi connectivity index (χ4n) is 0.268. The molecule has 0 aliphatic carbocycles. The lowest BCUT2D eigenvalue weighted by Crippen LogP contribution is -1.59. The maximum atomic E-state index is 2.90. The predicted octanol–water partition coefficient (Wildman–Crippen LogP) is 2.85. The molecule has 1 aliphatic rings. The normalized spacial score (nSPS) is 18.0. The molecule has 0 radical (unpaired) electrons. The van der Waals surface area contributed by atoms with Crippen LogP contribution in [-0.4, -0.2) is 5.75 Å². The second-order valence-electron chi connectivity index (χ2n) is 1.06. The molecule has 1 aliphatic heterocycles. The molecule has 0 bridgehead atoms. The average Bonchev–Trinajstić information content (AvgIpc) is 1.62. The minimum atomic E-state index is 1.04. The van der Waals surface area contributed by atoms with Crippen LogP contribution in [0.3, 0.4) is 0 Å². The van der Waals surface area contributed by atoms with E-state index < -0.39 is 0 Å². The maximum absolute atomic E-state index is 2.90. The maximum Gasteiger partial charge on any atom is 0.0331 e. The van der Waals surface area contributed by atoms with E-state index in [1.165, 1.54) is 0 Å². The van der Waals surface area contributed by atoms with Gasteiger partial charge in [0.15, 0.2) is 0 Å². The Bertz CT molecular complexity index is 131. The highest BCUT2D eigenvalue weighted by Gasteiger charge is 1.84. The molecular weight excluding hydrogens is 156 g/mol. The summed E-state index contributed by atoms with van der Waals surface area (Å²) in [7, 11) is 5.28. The number of hydrogen-bond donors (Lipinski definition) is 0. The number of rotatable bonds is 0. The Hall–Kier alpha value is 0.350. The first kappa shape index (κ1) is 6.47. The van der Waals surface area contributed by atoms with Gasteiger partial charge in [-0.05, 0) is 26.7 Å². The van der Waals surface area contributed by atoms with Crippen molar-refractivity contribution in [2.75, 3.05) is 5.75 Å². The van der Waals surface area contributed by atoms with Crippen molar-refractivity contribution in [1.82, 2.24) is 0 Å². The lowest BCUT2D eigenvalue weighted by Gasteiger charge is -1.89. The highest BCUT2D eigenvalue weighted by Crippen LogP contribution is 2.35. The number of hydrogen-bond acceptors (Lipinski definition) is 3. The summed E-state index contributed by atoms with van der Waals surface area (Å²) in [5.74, 6) is 1.04. The van der Waals surface area contributed by atoms with E-state index in [1.54, 1.807) is 20.6 Å². The smallest absolute Gasteiger partial charge is 0.0331 e. The van der Waals surface area contributed by atoms with Crippen LogP contribution in [0.15, 0.2) is 22.9 Å². The predicted molar refractivity (Wildman–Crippen MR) is 43.8 cm³/mol. The summed E-state index contributed by atoms with van der Waals surface area (Å²) in [6.45, 7) is 0. The summed E-state index contributed by atoms with van der Waals surface area (Å²) in [5.41, 5.74) is 5.79. The Morgan fingerprint density at radius 1 is 1.38 bits per heavy atom. The van der Waals surface area contributed by atoms with Gasteiger partial charge in [0.05, 0.1) is 0 Å². The molecule has 0 atom stereocenters. The molecule has 42 valence electrons. The SMILES string of the molecule is C1=C=CSSSCC=1. The second-order valence-corrected chi connectivity index (χ2v) is 5.11. The molecule has 0 saturated carbocycles. The Morgan fingerprint density at radius 2 is 2.38 bits per heavy atom. The standard InChI is InChI=1S/C5H4S3/c1-2-4-6-8-7-5-3-1/h2,5H,4H2. The van der Waals surface area contributed by atoms with E-state index in [9.17, 15) is 0 Å². The van der Waals surface area contributed by atoms with Crippen LogP contribution in [0.1, 0.15) is 0 Å². The van der Waals surface area contributed by atoms with Gasteiger partial charge in [-0.2, -0.15) is 0 Å². The highest BCUT2D eigenvalue weighted by atomic mass is 33.5. The van der Waals surface area contributed by atoms with Gasteiger partial charge >= 0.3 is 0 Å². The van der Waals surface area contributed by atoms with Crippen molar-refractivity contribution in [3.63, 3.8) is 0 Å². The third kappa shape index (κ3) is 2.61. The van der Waals surface area contributed by atoms with E-state index in [-0.39, 0.29) is 0 Å². The van der Waals surface area contributed by atoms with Crippen LogP contribution >= 0.6 is 31.4 Å². The topological polar surface area (TPSA) is 0 Å². The van der Waals surface area contributed by atoms with Crippen molar-refractivity contribution in [2.45, 2.75) is 0 Å². The molecule has 1 heterocycles. The molecule has 0 saturated heterocycles. The Balaban J connectivity index is 2.59. The summed E-state index contributed by atoms with van der Waals surface area (Å²) >= 11 is 0. The van der Waals surface area contributed by atoms with Crippen LogP contribution in [0, 0.1) is 0 Å². The minimum Gasteiger partial charge on any atom is -0.0774 e. The molecule has 0 aromatic heterocycles. The van der Waals surface area contributed by atoms with Crippen LogP contribution in [-0.2, 0) is 0 Å². The van der Waals surface area contributed by atoms with Crippen LogP contribution in [0.5, 0.6) is 0 Å². The quantitative estimate of drug-likeness (QED) is 0.395.